The standard InChI is InChI=1S/C21H24F3NO5/c22-21(23,24)15-7-6-13(14(25-15)10-30-16-3-1-2-8-29-16)20(28)17-18(26)11-4-5-12(9-11)19(17)27/h6-7,11-12,16,18,26,28H,1-5,8-10H2. The largest absolute Gasteiger partial charge is 0.507 e. The molecule has 30 heavy (non-hydrogen) atoms. The Morgan fingerprint density at radius 1 is 1.23 bits per heavy atom. The Morgan fingerprint density at radius 3 is 2.73 bits per heavy atom. The predicted octanol–water partition coefficient (Wildman–Crippen LogP) is 3.77. The number of fused-ring (bicyclic) bond motifs is 2. The molecular formula is C21H24F3NO5. The van der Waals surface area contributed by atoms with E-state index >= 15 is 0 Å². The molecular weight excluding hydrogens is 403 g/mol. The smallest absolute Gasteiger partial charge is 0.433 e. The van der Waals surface area contributed by atoms with Crippen molar-refractivity contribution in [3.05, 3.63) is 34.7 Å². The molecule has 2 heterocycles. The maximum Gasteiger partial charge on any atom is 0.433 e. The molecule has 3 aliphatic rings. The molecule has 1 aromatic heterocycles. The van der Waals surface area contributed by atoms with Crippen molar-refractivity contribution in [1.29, 1.82) is 0 Å². The SMILES string of the molecule is O=C1C(=C(O)c2ccc(C(F)(F)F)nc2COC2CCCCO2)C(O)C2CCC1C2. The van der Waals surface area contributed by atoms with Crippen LogP contribution < -0.4 is 0 Å². The van der Waals surface area contributed by atoms with E-state index in [1.165, 1.54) is 0 Å². The molecule has 1 saturated heterocycles. The zero-order valence-electron chi connectivity index (χ0n) is 16.3. The minimum absolute atomic E-state index is 0.0393. The highest BCUT2D eigenvalue weighted by molar-refractivity contribution is 6.05. The van der Waals surface area contributed by atoms with E-state index in [9.17, 15) is 28.2 Å². The second kappa shape index (κ2) is 8.28. The van der Waals surface area contributed by atoms with E-state index in [0.717, 1.165) is 25.0 Å². The number of pyridine rings is 1. The minimum Gasteiger partial charge on any atom is -0.507 e. The molecule has 9 heteroatoms. The van der Waals surface area contributed by atoms with Gasteiger partial charge in [0, 0.05) is 18.1 Å². The summed E-state index contributed by atoms with van der Waals surface area (Å²) in [6.07, 6.45) is -2.11. The van der Waals surface area contributed by atoms with Crippen molar-refractivity contribution in [3.63, 3.8) is 0 Å². The number of carbonyl (C=O) groups is 1. The lowest BCUT2D eigenvalue weighted by molar-refractivity contribution is -0.169. The first kappa shape index (κ1) is 21.3. The Kier molecular flexibility index (Phi) is 5.87. The summed E-state index contributed by atoms with van der Waals surface area (Å²) < 4.78 is 50.6. The summed E-state index contributed by atoms with van der Waals surface area (Å²) in [6, 6.07) is 1.83. The maximum absolute atomic E-state index is 13.2. The van der Waals surface area contributed by atoms with Gasteiger partial charge in [0.25, 0.3) is 0 Å². The Hall–Kier alpha value is -1.97. The number of aliphatic hydroxyl groups excluding tert-OH is 2. The summed E-state index contributed by atoms with van der Waals surface area (Å²) in [6.45, 7) is 0.185. The number of ketones is 1. The number of Topliss-reactive ketones (excluding diaryl/α,β-unsaturated/α-hetero) is 1. The lowest BCUT2D eigenvalue weighted by Gasteiger charge is -2.28. The van der Waals surface area contributed by atoms with E-state index in [1.54, 1.807) is 0 Å². The van der Waals surface area contributed by atoms with E-state index in [1.807, 2.05) is 0 Å². The van der Waals surface area contributed by atoms with E-state index in [-0.39, 0.29) is 41.1 Å². The first-order valence-electron chi connectivity index (χ1n) is 10.2. The van der Waals surface area contributed by atoms with E-state index in [2.05, 4.69) is 4.98 Å². The van der Waals surface area contributed by atoms with Gasteiger partial charge in [-0.05, 0) is 56.6 Å². The molecule has 4 rings (SSSR count). The van der Waals surface area contributed by atoms with Gasteiger partial charge >= 0.3 is 6.18 Å². The van der Waals surface area contributed by atoms with E-state index in [4.69, 9.17) is 9.47 Å². The van der Waals surface area contributed by atoms with Crippen molar-refractivity contribution in [3.8, 4) is 0 Å². The van der Waals surface area contributed by atoms with Gasteiger partial charge in [-0.3, -0.25) is 4.79 Å². The zero-order chi connectivity index (χ0) is 21.5. The molecule has 2 aliphatic carbocycles. The van der Waals surface area contributed by atoms with Crippen LogP contribution in [0.3, 0.4) is 0 Å². The molecule has 0 spiro atoms. The van der Waals surface area contributed by atoms with Gasteiger partial charge in [0.1, 0.15) is 11.5 Å². The Morgan fingerprint density at radius 2 is 2.03 bits per heavy atom. The molecule has 0 aromatic carbocycles. The number of rotatable bonds is 4. The molecule has 1 aliphatic heterocycles. The molecule has 2 N–H and O–H groups in total. The molecule has 3 fully saturated rings. The maximum atomic E-state index is 13.2. The van der Waals surface area contributed by atoms with Crippen molar-refractivity contribution in [2.24, 2.45) is 11.8 Å². The number of nitrogens with zero attached hydrogens (tertiary/aromatic N) is 1. The number of halogens is 3. The number of aromatic nitrogens is 1. The molecule has 4 atom stereocenters. The summed E-state index contributed by atoms with van der Waals surface area (Å²) in [4.78, 5) is 16.4. The Labute approximate surface area is 171 Å². The van der Waals surface area contributed by atoms with Crippen molar-refractivity contribution >= 4 is 11.5 Å². The summed E-state index contributed by atoms with van der Waals surface area (Å²) in [5, 5.41) is 21.4. The molecule has 6 nitrogen and oxygen atoms in total. The lowest BCUT2D eigenvalue weighted by atomic mass is 9.80. The molecule has 0 amide bonds. The van der Waals surface area contributed by atoms with Crippen LogP contribution in [0.4, 0.5) is 13.2 Å². The third-order valence-electron chi connectivity index (χ3n) is 6.17. The summed E-state index contributed by atoms with van der Waals surface area (Å²) in [5.74, 6) is -1.28. The number of carbonyl (C=O) groups excluding carboxylic acids is 1. The second-order valence-electron chi connectivity index (χ2n) is 8.14. The van der Waals surface area contributed by atoms with Crippen molar-refractivity contribution < 1.29 is 37.7 Å². The number of alkyl halides is 3. The third-order valence-corrected chi connectivity index (χ3v) is 6.17. The molecule has 0 radical (unpaired) electrons. The number of aliphatic hydroxyl groups is 2. The Bertz CT molecular complexity index is 848. The van der Waals surface area contributed by atoms with E-state index in [0.29, 0.717) is 32.3 Å². The summed E-state index contributed by atoms with van der Waals surface area (Å²) in [5.41, 5.74) is -1.45. The second-order valence-corrected chi connectivity index (χ2v) is 8.14. The number of hydrogen-bond acceptors (Lipinski definition) is 6. The first-order chi connectivity index (χ1) is 14.3. The van der Waals surface area contributed by atoms with Gasteiger partial charge < -0.3 is 19.7 Å². The van der Waals surface area contributed by atoms with Crippen LogP contribution in [-0.4, -0.2) is 40.0 Å². The number of ether oxygens (including phenoxy) is 2. The monoisotopic (exact) mass is 427 g/mol. The van der Waals surface area contributed by atoms with E-state index < -0.39 is 30.0 Å². The van der Waals surface area contributed by atoms with Gasteiger partial charge in [0.2, 0.25) is 0 Å². The van der Waals surface area contributed by atoms with Gasteiger partial charge in [-0.15, -0.1) is 0 Å². The topological polar surface area (TPSA) is 88.9 Å². The lowest BCUT2D eigenvalue weighted by Crippen LogP contribution is -2.34. The average molecular weight is 427 g/mol. The fourth-order valence-corrected chi connectivity index (χ4v) is 4.54. The fourth-order valence-electron chi connectivity index (χ4n) is 4.54. The van der Waals surface area contributed by atoms with Crippen LogP contribution in [0.2, 0.25) is 0 Å². The van der Waals surface area contributed by atoms with Gasteiger partial charge in [-0.2, -0.15) is 13.2 Å². The van der Waals surface area contributed by atoms with Gasteiger partial charge in [0.15, 0.2) is 12.1 Å². The third kappa shape index (κ3) is 4.10. The molecule has 4 unspecified atom stereocenters. The normalized spacial score (nSPS) is 31.1. The van der Waals surface area contributed by atoms with Gasteiger partial charge in [-0.1, -0.05) is 0 Å². The molecule has 2 bridgehead atoms. The van der Waals surface area contributed by atoms with Crippen LogP contribution in [0.15, 0.2) is 17.7 Å². The van der Waals surface area contributed by atoms with Gasteiger partial charge in [-0.25, -0.2) is 4.98 Å². The Balaban J connectivity index is 1.69. The highest BCUT2D eigenvalue weighted by Crippen LogP contribution is 2.44. The minimum atomic E-state index is -4.67. The number of hydrogen-bond donors (Lipinski definition) is 2. The average Bonchev–Trinajstić information content (AvgIpc) is 3.18. The van der Waals surface area contributed by atoms with Crippen LogP contribution in [0.5, 0.6) is 0 Å². The van der Waals surface area contributed by atoms with Gasteiger partial charge in [0.05, 0.1) is 24.0 Å². The first-order valence-corrected chi connectivity index (χ1v) is 10.2. The molecule has 164 valence electrons. The van der Waals surface area contributed by atoms with Crippen LogP contribution in [0.1, 0.15) is 55.5 Å². The van der Waals surface area contributed by atoms with Crippen LogP contribution in [0, 0.1) is 11.8 Å². The summed E-state index contributed by atoms with van der Waals surface area (Å²) in [7, 11) is 0. The summed E-state index contributed by atoms with van der Waals surface area (Å²) >= 11 is 0. The predicted molar refractivity (Wildman–Crippen MR) is 99.0 cm³/mol. The van der Waals surface area contributed by atoms with Crippen molar-refractivity contribution in [2.45, 2.75) is 63.7 Å². The van der Waals surface area contributed by atoms with Crippen LogP contribution >= 0.6 is 0 Å². The quantitative estimate of drug-likeness (QED) is 0.562. The van der Waals surface area contributed by atoms with Crippen LogP contribution in [-0.2, 0) is 27.1 Å². The molecule has 2 saturated carbocycles. The zero-order valence-corrected chi connectivity index (χ0v) is 16.3. The highest BCUT2D eigenvalue weighted by Gasteiger charge is 2.45. The highest BCUT2D eigenvalue weighted by atomic mass is 19.4. The van der Waals surface area contributed by atoms with Crippen LogP contribution in [0.25, 0.3) is 5.76 Å². The fraction of sp³-hybridized carbons (Fsp3) is 0.619. The molecule has 1 aromatic rings. The van der Waals surface area contributed by atoms with Crippen molar-refractivity contribution in [1.82, 2.24) is 4.98 Å². The van der Waals surface area contributed by atoms with Crippen molar-refractivity contribution in [2.75, 3.05) is 6.61 Å².